The maximum Gasteiger partial charge on any atom is 0.226 e. The van der Waals surface area contributed by atoms with Crippen molar-refractivity contribution >= 4 is 17.2 Å². The minimum absolute atomic E-state index is 0.0159. The Morgan fingerprint density at radius 2 is 2.07 bits per heavy atom. The summed E-state index contributed by atoms with van der Waals surface area (Å²) in [5, 5.41) is 9.21. The van der Waals surface area contributed by atoms with E-state index in [0.717, 1.165) is 34.8 Å². The van der Waals surface area contributed by atoms with Gasteiger partial charge in [0.1, 0.15) is 13.2 Å². The van der Waals surface area contributed by atoms with Crippen molar-refractivity contribution in [3.8, 4) is 22.2 Å². The molecule has 1 aliphatic carbocycles. The Morgan fingerprint density at radius 1 is 1.20 bits per heavy atom. The van der Waals surface area contributed by atoms with Crippen LogP contribution >= 0.6 is 11.3 Å². The Labute approximate surface area is 178 Å². The van der Waals surface area contributed by atoms with E-state index in [1.54, 1.807) is 11.3 Å². The number of nitrogens with zero attached hydrogens (tertiary/aromatic N) is 2. The fourth-order valence-corrected chi connectivity index (χ4v) is 4.31. The second kappa shape index (κ2) is 8.47. The third-order valence-electron chi connectivity index (χ3n) is 5.34. The van der Waals surface area contributed by atoms with Gasteiger partial charge >= 0.3 is 0 Å². The number of hydrogen-bond donors (Lipinski definition) is 1. The second-order valence-electron chi connectivity index (χ2n) is 7.63. The monoisotopic (exact) mass is 425 g/mol. The van der Waals surface area contributed by atoms with Crippen LogP contribution in [0, 0.1) is 5.92 Å². The van der Waals surface area contributed by atoms with E-state index in [1.807, 2.05) is 35.7 Å². The lowest BCUT2D eigenvalue weighted by Crippen LogP contribution is -2.30. The van der Waals surface area contributed by atoms with Crippen LogP contribution in [0.15, 0.2) is 40.2 Å². The summed E-state index contributed by atoms with van der Waals surface area (Å²) in [6.45, 7) is 1.13. The van der Waals surface area contributed by atoms with Crippen LogP contribution in [-0.2, 0) is 11.2 Å². The van der Waals surface area contributed by atoms with E-state index in [-0.39, 0.29) is 11.9 Å². The number of amides is 1. The lowest BCUT2D eigenvalue weighted by molar-refractivity contribution is -0.122. The van der Waals surface area contributed by atoms with Gasteiger partial charge in [-0.15, -0.1) is 11.3 Å². The van der Waals surface area contributed by atoms with Crippen LogP contribution in [0.25, 0.3) is 10.7 Å². The maximum absolute atomic E-state index is 12.6. The van der Waals surface area contributed by atoms with E-state index in [1.165, 1.54) is 0 Å². The highest BCUT2D eigenvalue weighted by atomic mass is 32.1. The Hall–Kier alpha value is -2.87. The lowest BCUT2D eigenvalue weighted by atomic mass is 10.0. The molecule has 30 heavy (non-hydrogen) atoms. The zero-order chi connectivity index (χ0) is 20.3. The van der Waals surface area contributed by atoms with Crippen molar-refractivity contribution < 1.29 is 18.8 Å². The number of aryl methyl sites for hydroxylation is 1. The van der Waals surface area contributed by atoms with Gasteiger partial charge in [-0.25, -0.2) is 0 Å². The summed E-state index contributed by atoms with van der Waals surface area (Å²) in [5.41, 5.74) is 1.08. The number of rotatable bonds is 8. The summed E-state index contributed by atoms with van der Waals surface area (Å²) >= 11 is 1.57. The van der Waals surface area contributed by atoms with E-state index in [2.05, 4.69) is 15.5 Å². The molecule has 8 heteroatoms. The molecular weight excluding hydrogens is 402 g/mol. The first-order chi connectivity index (χ1) is 14.8. The number of fused-ring (bicyclic) bond motifs is 1. The van der Waals surface area contributed by atoms with Crippen molar-refractivity contribution in [2.45, 2.75) is 38.1 Å². The summed E-state index contributed by atoms with van der Waals surface area (Å²) < 4.78 is 16.6. The first kappa shape index (κ1) is 19.1. The van der Waals surface area contributed by atoms with Crippen molar-refractivity contribution in [1.82, 2.24) is 15.5 Å². The SMILES string of the molecule is O=C(CCCc1nc(-c2cccs2)no1)NC(c1ccc2c(c1)OCCO2)C1CC1. The van der Waals surface area contributed by atoms with Crippen LogP contribution < -0.4 is 14.8 Å². The largest absolute Gasteiger partial charge is 0.486 e. The third-order valence-corrected chi connectivity index (χ3v) is 6.21. The molecule has 0 spiro atoms. The fourth-order valence-electron chi connectivity index (χ4n) is 3.66. The summed E-state index contributed by atoms with van der Waals surface area (Å²) in [6, 6.07) is 9.90. The molecule has 0 radical (unpaired) electrons. The molecule has 1 fully saturated rings. The number of benzene rings is 1. The number of nitrogens with one attached hydrogen (secondary N) is 1. The molecule has 1 aliphatic heterocycles. The Balaban J connectivity index is 1.16. The van der Waals surface area contributed by atoms with Crippen LogP contribution in [0.4, 0.5) is 0 Å². The van der Waals surface area contributed by atoms with Gasteiger partial charge in [-0.2, -0.15) is 4.98 Å². The number of aromatic nitrogens is 2. The third kappa shape index (κ3) is 4.33. The van der Waals surface area contributed by atoms with Crippen LogP contribution in [-0.4, -0.2) is 29.3 Å². The standard InChI is InChI=1S/C22H23N3O4S/c26-19(4-1-5-20-24-22(25-29-20)18-3-2-12-30-18)23-21(14-6-7-14)15-8-9-16-17(13-15)28-11-10-27-16/h2-3,8-9,12-14,21H,1,4-7,10-11H2,(H,23,26). The van der Waals surface area contributed by atoms with Crippen molar-refractivity contribution in [3.63, 3.8) is 0 Å². The van der Waals surface area contributed by atoms with E-state index in [4.69, 9.17) is 14.0 Å². The summed E-state index contributed by atoms with van der Waals surface area (Å²) in [5.74, 6) is 3.23. The molecule has 2 aromatic heterocycles. The Morgan fingerprint density at radius 3 is 2.87 bits per heavy atom. The van der Waals surface area contributed by atoms with E-state index < -0.39 is 0 Å². The molecule has 156 valence electrons. The molecule has 1 saturated carbocycles. The van der Waals surface area contributed by atoms with Gasteiger partial charge in [-0.05, 0) is 54.3 Å². The molecule has 3 aromatic rings. The van der Waals surface area contributed by atoms with Gasteiger partial charge in [0.25, 0.3) is 0 Å². The van der Waals surface area contributed by atoms with Crippen molar-refractivity contribution in [3.05, 3.63) is 47.2 Å². The molecule has 1 N–H and O–H groups in total. The highest BCUT2D eigenvalue weighted by Crippen LogP contribution is 2.43. The second-order valence-corrected chi connectivity index (χ2v) is 8.58. The van der Waals surface area contributed by atoms with Crippen LogP contribution in [0.1, 0.15) is 43.2 Å². The highest BCUT2D eigenvalue weighted by molar-refractivity contribution is 7.13. The quantitative estimate of drug-likeness (QED) is 0.583. The number of ether oxygens (including phenoxy) is 2. The van der Waals surface area contributed by atoms with Gasteiger partial charge in [0.2, 0.25) is 17.6 Å². The van der Waals surface area contributed by atoms with Crippen LogP contribution in [0.3, 0.4) is 0 Å². The van der Waals surface area contributed by atoms with Crippen LogP contribution in [0.5, 0.6) is 11.5 Å². The first-order valence-electron chi connectivity index (χ1n) is 10.3. The zero-order valence-electron chi connectivity index (χ0n) is 16.5. The zero-order valence-corrected chi connectivity index (χ0v) is 17.3. The molecule has 5 rings (SSSR count). The molecule has 0 bridgehead atoms. The molecule has 0 saturated heterocycles. The molecule has 3 heterocycles. The number of carbonyl (C=O) groups is 1. The predicted molar refractivity (Wildman–Crippen MR) is 112 cm³/mol. The summed E-state index contributed by atoms with van der Waals surface area (Å²) in [7, 11) is 0. The number of carbonyl (C=O) groups excluding carboxylic acids is 1. The fraction of sp³-hybridized carbons (Fsp3) is 0.409. The lowest BCUT2D eigenvalue weighted by Gasteiger charge is -2.23. The van der Waals surface area contributed by atoms with E-state index in [0.29, 0.717) is 50.1 Å². The van der Waals surface area contributed by atoms with Crippen molar-refractivity contribution in [2.24, 2.45) is 5.92 Å². The molecule has 1 amide bonds. The minimum Gasteiger partial charge on any atom is -0.486 e. The maximum atomic E-state index is 12.6. The molecular formula is C22H23N3O4S. The van der Waals surface area contributed by atoms with Gasteiger partial charge < -0.3 is 19.3 Å². The minimum atomic E-state index is 0.0159. The highest BCUT2D eigenvalue weighted by Gasteiger charge is 2.34. The predicted octanol–water partition coefficient (Wildman–Crippen LogP) is 4.16. The average molecular weight is 426 g/mol. The molecule has 7 nitrogen and oxygen atoms in total. The normalized spacial score (nSPS) is 16.3. The van der Waals surface area contributed by atoms with Gasteiger partial charge in [-0.3, -0.25) is 4.79 Å². The Kier molecular flexibility index (Phi) is 5.40. The molecule has 1 aromatic carbocycles. The van der Waals surface area contributed by atoms with Gasteiger partial charge in [0.05, 0.1) is 10.9 Å². The molecule has 1 atom stereocenters. The van der Waals surface area contributed by atoms with E-state index in [9.17, 15) is 4.79 Å². The summed E-state index contributed by atoms with van der Waals surface area (Å²) in [4.78, 5) is 18.0. The Bertz CT molecular complexity index is 1010. The number of thiophene rings is 1. The number of hydrogen-bond acceptors (Lipinski definition) is 7. The van der Waals surface area contributed by atoms with Gasteiger partial charge in [-0.1, -0.05) is 17.3 Å². The summed E-state index contributed by atoms with van der Waals surface area (Å²) in [6.07, 6.45) is 3.94. The average Bonchev–Trinajstić information content (AvgIpc) is 3.24. The first-order valence-corrected chi connectivity index (χ1v) is 11.2. The van der Waals surface area contributed by atoms with Gasteiger partial charge in [0.15, 0.2) is 11.5 Å². The topological polar surface area (TPSA) is 86.5 Å². The van der Waals surface area contributed by atoms with Crippen LogP contribution in [0.2, 0.25) is 0 Å². The molecule has 2 aliphatic rings. The smallest absolute Gasteiger partial charge is 0.226 e. The van der Waals surface area contributed by atoms with E-state index >= 15 is 0 Å². The van der Waals surface area contributed by atoms with Gasteiger partial charge in [0, 0.05) is 12.8 Å². The van der Waals surface area contributed by atoms with Crippen molar-refractivity contribution in [1.29, 1.82) is 0 Å². The molecule has 1 unspecified atom stereocenters. The van der Waals surface area contributed by atoms with Crippen molar-refractivity contribution in [2.75, 3.05) is 13.2 Å².